The second-order valence-electron chi connectivity index (χ2n) is 7.50. The predicted molar refractivity (Wildman–Crippen MR) is 82.3 cm³/mol. The summed E-state index contributed by atoms with van der Waals surface area (Å²) in [5.74, 6) is 1.39. The quantitative estimate of drug-likeness (QED) is 0.799. The summed E-state index contributed by atoms with van der Waals surface area (Å²) in [7, 11) is 0. The summed E-state index contributed by atoms with van der Waals surface area (Å²) in [6.45, 7) is 8.63. The van der Waals surface area contributed by atoms with E-state index in [4.69, 9.17) is 0 Å². The number of hydrogen-bond acceptors (Lipinski definition) is 3. The lowest BCUT2D eigenvalue weighted by Gasteiger charge is -2.21. The van der Waals surface area contributed by atoms with Crippen LogP contribution in [0.1, 0.15) is 68.8 Å². The van der Waals surface area contributed by atoms with Crippen molar-refractivity contribution in [3.05, 3.63) is 29.2 Å². The van der Waals surface area contributed by atoms with Crippen LogP contribution in [-0.4, -0.2) is 20.0 Å². The molecule has 0 radical (unpaired) electrons. The molecule has 0 saturated heterocycles. The first-order chi connectivity index (χ1) is 9.95. The van der Waals surface area contributed by atoms with E-state index in [-0.39, 0.29) is 5.54 Å². The van der Waals surface area contributed by atoms with Crippen molar-refractivity contribution in [2.24, 2.45) is 0 Å². The second-order valence-corrected chi connectivity index (χ2v) is 7.50. The minimum Gasteiger partial charge on any atom is -0.264 e. The van der Waals surface area contributed by atoms with Crippen LogP contribution in [0.2, 0.25) is 0 Å². The van der Waals surface area contributed by atoms with E-state index in [1.165, 1.54) is 36.2 Å². The molecule has 2 atom stereocenters. The average molecular weight is 282 g/mol. The van der Waals surface area contributed by atoms with Crippen LogP contribution in [0.5, 0.6) is 0 Å². The van der Waals surface area contributed by atoms with Crippen LogP contribution >= 0.6 is 0 Å². The summed E-state index contributed by atoms with van der Waals surface area (Å²) in [5.41, 5.74) is 5.96. The molecule has 1 fully saturated rings. The molecule has 2 heterocycles. The third-order valence-electron chi connectivity index (χ3n) is 5.03. The highest BCUT2D eigenvalue weighted by atomic mass is 15.3. The second kappa shape index (κ2) is 4.15. The third kappa shape index (κ3) is 1.84. The van der Waals surface area contributed by atoms with Gasteiger partial charge in [0.2, 0.25) is 0 Å². The molecule has 4 rings (SSSR count). The molecular formula is C17H22N4. The molecule has 2 aliphatic carbocycles. The van der Waals surface area contributed by atoms with E-state index in [1.54, 1.807) is 0 Å². The molecule has 0 amide bonds. The van der Waals surface area contributed by atoms with Gasteiger partial charge in [-0.25, -0.2) is 0 Å². The Labute approximate surface area is 125 Å². The van der Waals surface area contributed by atoms with Crippen molar-refractivity contribution in [3.63, 3.8) is 0 Å². The van der Waals surface area contributed by atoms with Gasteiger partial charge in [-0.1, -0.05) is 0 Å². The lowest BCUT2D eigenvalue weighted by atomic mass is 9.95. The summed E-state index contributed by atoms with van der Waals surface area (Å²) in [5, 5.41) is 13.6. The van der Waals surface area contributed by atoms with Gasteiger partial charge in [-0.15, -0.1) is 0 Å². The largest absolute Gasteiger partial charge is 0.264 e. The number of rotatable bonds is 1. The van der Waals surface area contributed by atoms with Gasteiger partial charge < -0.3 is 0 Å². The Bertz CT molecular complexity index is 708. The Morgan fingerprint density at radius 3 is 2.62 bits per heavy atom. The molecule has 2 aromatic rings. The van der Waals surface area contributed by atoms with Gasteiger partial charge in [-0.05, 0) is 64.5 Å². The van der Waals surface area contributed by atoms with Crippen LogP contribution in [-0.2, 0) is 5.54 Å². The highest BCUT2D eigenvalue weighted by Gasteiger charge is 2.38. The maximum Gasteiger partial charge on any atom is 0.0966 e. The third-order valence-corrected chi connectivity index (χ3v) is 5.03. The first-order valence-corrected chi connectivity index (χ1v) is 7.88. The molecule has 0 N–H and O–H groups in total. The Hall–Kier alpha value is -1.71. The monoisotopic (exact) mass is 282 g/mol. The summed E-state index contributed by atoms with van der Waals surface area (Å²) >= 11 is 0. The number of fused-ring (bicyclic) bond motifs is 5. The van der Waals surface area contributed by atoms with Gasteiger partial charge in [-0.3, -0.25) is 4.68 Å². The highest BCUT2D eigenvalue weighted by Crippen LogP contribution is 2.52. The van der Waals surface area contributed by atoms with E-state index >= 15 is 0 Å². The fraction of sp³-hybridized carbons (Fsp3) is 0.588. The average Bonchev–Trinajstić information content (AvgIpc) is 3.11. The van der Waals surface area contributed by atoms with Crippen molar-refractivity contribution < 1.29 is 0 Å². The van der Waals surface area contributed by atoms with Gasteiger partial charge in [0.15, 0.2) is 0 Å². The molecule has 4 nitrogen and oxygen atoms in total. The molecule has 0 aromatic carbocycles. The zero-order valence-electron chi connectivity index (χ0n) is 13.2. The van der Waals surface area contributed by atoms with Crippen molar-refractivity contribution >= 4 is 0 Å². The normalized spacial score (nSPS) is 23.6. The first kappa shape index (κ1) is 13.0. The maximum absolute atomic E-state index is 4.55. The summed E-state index contributed by atoms with van der Waals surface area (Å²) in [4.78, 5) is 0. The molecule has 0 aliphatic heterocycles. The van der Waals surface area contributed by atoms with Crippen molar-refractivity contribution in [3.8, 4) is 11.3 Å². The van der Waals surface area contributed by atoms with Gasteiger partial charge in [0, 0.05) is 17.2 Å². The van der Waals surface area contributed by atoms with Crippen LogP contribution in [0.15, 0.2) is 12.3 Å². The van der Waals surface area contributed by atoms with Gasteiger partial charge in [0.05, 0.1) is 23.1 Å². The molecule has 2 aliphatic rings. The molecule has 2 aromatic heterocycles. The van der Waals surface area contributed by atoms with Gasteiger partial charge >= 0.3 is 0 Å². The van der Waals surface area contributed by atoms with Crippen LogP contribution < -0.4 is 0 Å². The molecule has 110 valence electrons. The van der Waals surface area contributed by atoms with Crippen LogP contribution in [0.3, 0.4) is 0 Å². The van der Waals surface area contributed by atoms with E-state index in [2.05, 4.69) is 53.7 Å². The Morgan fingerprint density at radius 1 is 1.14 bits per heavy atom. The van der Waals surface area contributed by atoms with Crippen LogP contribution in [0.4, 0.5) is 0 Å². The standard InChI is InChI=1S/C17H22N4/c1-10-14(9-18-21(10)17(2,3)4)15-8-13-11-5-6-12(7-11)16(13)20-19-15/h8-9,11-12H,5-7H2,1-4H3. The highest BCUT2D eigenvalue weighted by molar-refractivity contribution is 5.62. The van der Waals surface area contributed by atoms with E-state index < -0.39 is 0 Å². The molecule has 1 saturated carbocycles. The Morgan fingerprint density at radius 2 is 1.90 bits per heavy atom. The van der Waals surface area contributed by atoms with Gasteiger partial charge in [-0.2, -0.15) is 15.3 Å². The number of nitrogens with zero attached hydrogens (tertiary/aromatic N) is 4. The predicted octanol–water partition coefficient (Wildman–Crippen LogP) is 3.77. The summed E-state index contributed by atoms with van der Waals surface area (Å²) in [6.07, 6.45) is 5.84. The fourth-order valence-corrected chi connectivity index (χ4v) is 4.04. The van der Waals surface area contributed by atoms with E-state index in [0.29, 0.717) is 5.92 Å². The molecule has 2 unspecified atom stereocenters. The summed E-state index contributed by atoms with van der Waals surface area (Å²) in [6, 6.07) is 2.27. The van der Waals surface area contributed by atoms with Crippen molar-refractivity contribution in [1.29, 1.82) is 0 Å². The SMILES string of the molecule is Cc1c(-c2cc3c(nn2)C2CCC3C2)cnn1C(C)(C)C. The number of hydrogen-bond donors (Lipinski definition) is 0. The number of aromatic nitrogens is 4. The topological polar surface area (TPSA) is 43.6 Å². The van der Waals surface area contributed by atoms with E-state index in [1.807, 2.05) is 6.20 Å². The van der Waals surface area contributed by atoms with Gasteiger partial charge in [0.1, 0.15) is 0 Å². The first-order valence-electron chi connectivity index (χ1n) is 7.88. The molecule has 4 heteroatoms. The van der Waals surface area contributed by atoms with Crippen LogP contribution in [0.25, 0.3) is 11.3 Å². The lowest BCUT2D eigenvalue weighted by molar-refractivity contribution is 0.348. The molecule has 0 spiro atoms. The Kier molecular flexibility index (Phi) is 2.57. The van der Waals surface area contributed by atoms with E-state index in [0.717, 1.165) is 17.2 Å². The minimum absolute atomic E-state index is 0.00838. The fourth-order valence-electron chi connectivity index (χ4n) is 4.04. The maximum atomic E-state index is 4.55. The summed E-state index contributed by atoms with van der Waals surface area (Å²) < 4.78 is 2.07. The van der Waals surface area contributed by atoms with Crippen LogP contribution in [0, 0.1) is 6.92 Å². The van der Waals surface area contributed by atoms with Gasteiger partial charge in [0.25, 0.3) is 0 Å². The smallest absolute Gasteiger partial charge is 0.0966 e. The molecule has 2 bridgehead atoms. The molecule has 21 heavy (non-hydrogen) atoms. The van der Waals surface area contributed by atoms with E-state index in [9.17, 15) is 0 Å². The molecular weight excluding hydrogens is 260 g/mol. The van der Waals surface area contributed by atoms with Crippen molar-refractivity contribution in [1.82, 2.24) is 20.0 Å². The van der Waals surface area contributed by atoms with Crippen molar-refractivity contribution in [2.75, 3.05) is 0 Å². The zero-order chi connectivity index (χ0) is 14.8. The van der Waals surface area contributed by atoms with Crippen molar-refractivity contribution in [2.45, 2.75) is 64.3 Å². The minimum atomic E-state index is -0.00838. The Balaban J connectivity index is 1.79. The zero-order valence-corrected chi connectivity index (χ0v) is 13.2. The lowest BCUT2D eigenvalue weighted by Crippen LogP contribution is -2.24.